The number of amides is 1. The Bertz CT molecular complexity index is 131. The van der Waals surface area contributed by atoms with Crippen molar-refractivity contribution in [1.29, 1.82) is 0 Å². The maximum atomic E-state index is 11.3. The summed E-state index contributed by atoms with van der Waals surface area (Å²) in [5.74, 6) is 1.51. The molecule has 1 radical (unpaired) electrons. The summed E-state index contributed by atoms with van der Waals surface area (Å²) in [5, 5.41) is 0. The third-order valence-corrected chi connectivity index (χ3v) is 2.40. The zero-order valence-electron chi connectivity index (χ0n) is 6.10. The molecular formula is C8H12NO. The molecular weight excluding hydrogens is 126 g/mol. The van der Waals surface area contributed by atoms with Gasteiger partial charge in [-0.15, -0.1) is 0 Å². The van der Waals surface area contributed by atoms with E-state index in [1.165, 1.54) is 18.8 Å². The van der Waals surface area contributed by atoms with Crippen LogP contribution in [0, 0.1) is 5.92 Å². The lowest BCUT2D eigenvalue weighted by Crippen LogP contribution is -2.45. The number of hydrogen-bond donors (Lipinski definition) is 0. The average Bonchev–Trinajstić information content (AvgIpc) is 1.52. The van der Waals surface area contributed by atoms with Gasteiger partial charge in [0.05, 0.1) is 5.92 Å². The van der Waals surface area contributed by atoms with E-state index in [1.807, 2.05) is 4.90 Å². The van der Waals surface area contributed by atoms with E-state index in [1.54, 1.807) is 0 Å². The van der Waals surface area contributed by atoms with Gasteiger partial charge in [0.1, 0.15) is 0 Å². The van der Waals surface area contributed by atoms with Gasteiger partial charge in [-0.2, -0.15) is 0 Å². The molecule has 0 N–H and O–H groups in total. The van der Waals surface area contributed by atoms with Crippen LogP contribution in [0.3, 0.4) is 0 Å². The van der Waals surface area contributed by atoms with Gasteiger partial charge in [-0.25, -0.2) is 0 Å². The topological polar surface area (TPSA) is 20.3 Å². The van der Waals surface area contributed by atoms with Gasteiger partial charge in [-0.3, -0.25) is 4.79 Å². The zero-order valence-corrected chi connectivity index (χ0v) is 6.10. The highest BCUT2D eigenvalue weighted by atomic mass is 16.2. The monoisotopic (exact) mass is 138 g/mol. The molecule has 1 aliphatic heterocycles. The zero-order chi connectivity index (χ0) is 6.97. The van der Waals surface area contributed by atoms with E-state index < -0.39 is 0 Å². The minimum absolute atomic E-state index is 0.345. The second-order valence-corrected chi connectivity index (χ2v) is 3.10. The summed E-state index contributed by atoms with van der Waals surface area (Å²) >= 11 is 0. The molecule has 1 amide bonds. The molecule has 1 aliphatic carbocycles. The minimum atomic E-state index is 0.345. The van der Waals surface area contributed by atoms with E-state index in [2.05, 4.69) is 0 Å². The van der Waals surface area contributed by atoms with Crippen molar-refractivity contribution in [3.05, 3.63) is 5.92 Å². The molecule has 0 aromatic rings. The van der Waals surface area contributed by atoms with E-state index in [-0.39, 0.29) is 0 Å². The molecule has 1 saturated carbocycles. The molecule has 0 bridgehead atoms. The summed E-state index contributed by atoms with van der Waals surface area (Å²) in [6, 6.07) is 0. The Labute approximate surface area is 61.2 Å². The van der Waals surface area contributed by atoms with Crippen LogP contribution in [0.2, 0.25) is 0 Å². The molecule has 0 aromatic carbocycles. The molecule has 10 heavy (non-hydrogen) atoms. The van der Waals surface area contributed by atoms with Crippen molar-refractivity contribution >= 4 is 5.91 Å². The average molecular weight is 138 g/mol. The standard InChI is InChI=1S/C8H12NO/c10-8(7-3-1-4-7)9-5-2-6-9/h1-6H2. The van der Waals surface area contributed by atoms with Crippen LogP contribution in [-0.4, -0.2) is 23.9 Å². The van der Waals surface area contributed by atoms with Crippen LogP contribution in [0.25, 0.3) is 0 Å². The summed E-state index contributed by atoms with van der Waals surface area (Å²) in [6.45, 7) is 2.00. The maximum Gasteiger partial charge on any atom is 0.229 e. The van der Waals surface area contributed by atoms with Crippen molar-refractivity contribution < 1.29 is 4.79 Å². The first-order chi connectivity index (χ1) is 4.88. The summed E-state index contributed by atoms with van der Waals surface area (Å²) in [4.78, 5) is 13.2. The molecule has 2 fully saturated rings. The van der Waals surface area contributed by atoms with Crippen LogP contribution >= 0.6 is 0 Å². The number of carbonyl (C=O) groups excluding carboxylic acids is 1. The highest BCUT2D eigenvalue weighted by molar-refractivity contribution is 5.91. The molecule has 0 atom stereocenters. The van der Waals surface area contributed by atoms with Crippen LogP contribution in [0.15, 0.2) is 0 Å². The van der Waals surface area contributed by atoms with Gasteiger partial charge in [-0.05, 0) is 19.3 Å². The van der Waals surface area contributed by atoms with Crippen molar-refractivity contribution in [2.45, 2.75) is 25.7 Å². The first-order valence-corrected chi connectivity index (χ1v) is 4.02. The molecule has 1 heterocycles. The van der Waals surface area contributed by atoms with Crippen LogP contribution in [0.1, 0.15) is 25.7 Å². The van der Waals surface area contributed by atoms with E-state index >= 15 is 0 Å². The number of likely N-dealkylation sites (tertiary alicyclic amines) is 1. The van der Waals surface area contributed by atoms with Crippen molar-refractivity contribution in [1.82, 2.24) is 4.90 Å². The molecule has 0 aromatic heterocycles. The SMILES string of the molecule is O=C([C]1CCC1)N1CCC1. The smallest absolute Gasteiger partial charge is 0.229 e. The Morgan fingerprint density at radius 2 is 1.90 bits per heavy atom. The number of carbonyl (C=O) groups is 1. The summed E-state index contributed by atoms with van der Waals surface area (Å²) in [7, 11) is 0. The maximum absolute atomic E-state index is 11.3. The lowest BCUT2D eigenvalue weighted by Gasteiger charge is -2.36. The fourth-order valence-corrected chi connectivity index (χ4v) is 1.31. The Hall–Kier alpha value is -0.530. The van der Waals surface area contributed by atoms with Crippen molar-refractivity contribution in [2.24, 2.45) is 0 Å². The fourth-order valence-electron chi connectivity index (χ4n) is 1.31. The third kappa shape index (κ3) is 0.825. The van der Waals surface area contributed by atoms with E-state index in [0.717, 1.165) is 25.9 Å². The fraction of sp³-hybridized carbons (Fsp3) is 0.750. The quantitative estimate of drug-likeness (QED) is 0.529. The van der Waals surface area contributed by atoms with Crippen LogP contribution < -0.4 is 0 Å². The largest absolute Gasteiger partial charge is 0.342 e. The van der Waals surface area contributed by atoms with E-state index in [0.29, 0.717) is 5.91 Å². The summed E-state index contributed by atoms with van der Waals surface area (Å²) in [5.41, 5.74) is 0. The molecule has 0 unspecified atom stereocenters. The lowest BCUT2D eigenvalue weighted by molar-refractivity contribution is -0.133. The molecule has 2 rings (SSSR count). The van der Waals surface area contributed by atoms with Crippen molar-refractivity contribution in [2.75, 3.05) is 13.1 Å². The highest BCUT2D eigenvalue weighted by Gasteiger charge is 2.32. The van der Waals surface area contributed by atoms with Gasteiger partial charge in [0.25, 0.3) is 0 Å². The third-order valence-electron chi connectivity index (χ3n) is 2.40. The summed E-state index contributed by atoms with van der Waals surface area (Å²) in [6.07, 6.45) is 4.57. The van der Waals surface area contributed by atoms with Crippen LogP contribution in [-0.2, 0) is 4.79 Å². The Morgan fingerprint density at radius 3 is 2.20 bits per heavy atom. The number of rotatable bonds is 1. The number of hydrogen-bond acceptors (Lipinski definition) is 1. The lowest BCUT2D eigenvalue weighted by atomic mass is 9.84. The van der Waals surface area contributed by atoms with Gasteiger partial charge in [0.15, 0.2) is 0 Å². The first kappa shape index (κ1) is 6.20. The highest BCUT2D eigenvalue weighted by Crippen LogP contribution is 2.31. The van der Waals surface area contributed by atoms with Gasteiger partial charge < -0.3 is 4.90 Å². The van der Waals surface area contributed by atoms with Crippen molar-refractivity contribution in [3.63, 3.8) is 0 Å². The predicted molar refractivity (Wildman–Crippen MR) is 38.3 cm³/mol. The van der Waals surface area contributed by atoms with Gasteiger partial charge in [-0.1, -0.05) is 6.42 Å². The number of nitrogens with zero attached hydrogens (tertiary/aromatic N) is 1. The Morgan fingerprint density at radius 1 is 1.20 bits per heavy atom. The van der Waals surface area contributed by atoms with Crippen LogP contribution in [0.4, 0.5) is 0 Å². The van der Waals surface area contributed by atoms with Gasteiger partial charge in [0.2, 0.25) is 5.91 Å². The molecule has 1 saturated heterocycles. The predicted octanol–water partition coefficient (Wildman–Crippen LogP) is 0.977. The first-order valence-electron chi connectivity index (χ1n) is 4.02. The second-order valence-electron chi connectivity index (χ2n) is 3.10. The van der Waals surface area contributed by atoms with E-state index in [4.69, 9.17) is 0 Å². The molecule has 55 valence electrons. The molecule has 0 spiro atoms. The van der Waals surface area contributed by atoms with E-state index in [9.17, 15) is 4.79 Å². The minimum Gasteiger partial charge on any atom is -0.342 e. The Kier molecular flexibility index (Phi) is 1.40. The second kappa shape index (κ2) is 2.26. The normalized spacial score (nSPS) is 25.4. The Balaban J connectivity index is 1.84. The van der Waals surface area contributed by atoms with Crippen LogP contribution in [0.5, 0.6) is 0 Å². The van der Waals surface area contributed by atoms with Gasteiger partial charge >= 0.3 is 0 Å². The summed E-state index contributed by atoms with van der Waals surface area (Å²) < 4.78 is 0. The van der Waals surface area contributed by atoms with Crippen molar-refractivity contribution in [3.8, 4) is 0 Å². The van der Waals surface area contributed by atoms with Gasteiger partial charge in [0, 0.05) is 13.1 Å². The molecule has 2 aliphatic rings. The molecule has 2 heteroatoms. The molecule has 2 nitrogen and oxygen atoms in total.